The molecule has 0 saturated heterocycles. The van der Waals surface area contributed by atoms with Crippen LogP contribution in [0.2, 0.25) is 0 Å². The minimum absolute atomic E-state index is 0.00872. The Bertz CT molecular complexity index is 1340. The molecule has 42 heavy (non-hydrogen) atoms. The quantitative estimate of drug-likeness (QED) is 0.308. The van der Waals surface area contributed by atoms with E-state index < -0.39 is 12.1 Å². The summed E-state index contributed by atoms with van der Waals surface area (Å²) in [5, 5.41) is 21.0. The minimum atomic E-state index is -0.431. The van der Waals surface area contributed by atoms with Crippen molar-refractivity contribution in [3.8, 4) is 5.75 Å². The Hall–Kier alpha value is -3.66. The molecule has 3 amide bonds. The second-order valence-electron chi connectivity index (χ2n) is 11.2. The summed E-state index contributed by atoms with van der Waals surface area (Å²) < 4.78 is 12.5. The van der Waals surface area contributed by atoms with Gasteiger partial charge >= 0.3 is 6.03 Å². The van der Waals surface area contributed by atoms with Crippen molar-refractivity contribution in [2.75, 3.05) is 44.0 Å². The number of nitrogens with zero attached hydrogens (tertiary/aromatic N) is 1. The first kappa shape index (κ1) is 31.3. The first-order chi connectivity index (χ1) is 20.3. The van der Waals surface area contributed by atoms with Gasteiger partial charge in [0, 0.05) is 36.7 Å². The highest BCUT2D eigenvalue weighted by atomic mass is 16.5. The van der Waals surface area contributed by atoms with E-state index in [4.69, 9.17) is 9.47 Å². The third kappa shape index (κ3) is 8.00. The molecule has 0 radical (unpaired) electrons. The zero-order chi connectivity index (χ0) is 30.1. The fourth-order valence-electron chi connectivity index (χ4n) is 5.31. The molecule has 0 fully saturated rings. The van der Waals surface area contributed by atoms with Gasteiger partial charge in [-0.3, -0.25) is 4.79 Å². The number of carbonyl (C=O) groups is 2. The molecule has 1 heterocycles. The smallest absolute Gasteiger partial charge is 0.323 e. The number of aliphatic hydroxyl groups excluding tert-OH is 1. The molecule has 0 aliphatic carbocycles. The number of benzene rings is 3. The van der Waals surface area contributed by atoms with Gasteiger partial charge in [0.2, 0.25) is 0 Å². The molecule has 0 bridgehead atoms. The van der Waals surface area contributed by atoms with Crippen molar-refractivity contribution in [2.24, 2.45) is 5.92 Å². The number of aliphatic hydroxyl groups is 1. The van der Waals surface area contributed by atoms with Gasteiger partial charge in [-0.1, -0.05) is 43.3 Å². The molecule has 4 rings (SSSR count). The van der Waals surface area contributed by atoms with Crippen LogP contribution < -0.4 is 20.7 Å². The van der Waals surface area contributed by atoms with E-state index in [9.17, 15) is 14.7 Å². The largest absolute Gasteiger partial charge is 0.490 e. The van der Waals surface area contributed by atoms with Crippen LogP contribution in [-0.2, 0) is 4.74 Å². The Morgan fingerprint density at radius 3 is 2.64 bits per heavy atom. The zero-order valence-electron chi connectivity index (χ0n) is 25.1. The molecular weight excluding hydrogens is 532 g/mol. The van der Waals surface area contributed by atoms with Gasteiger partial charge in [-0.2, -0.15) is 0 Å². The van der Waals surface area contributed by atoms with E-state index in [1.165, 1.54) is 0 Å². The second kappa shape index (κ2) is 15.0. The second-order valence-corrected chi connectivity index (χ2v) is 11.2. The van der Waals surface area contributed by atoms with Gasteiger partial charge < -0.3 is 35.4 Å². The molecule has 3 aromatic rings. The van der Waals surface area contributed by atoms with Crippen LogP contribution in [0.4, 0.5) is 16.2 Å². The van der Waals surface area contributed by atoms with Gasteiger partial charge in [-0.05, 0) is 69.8 Å². The van der Waals surface area contributed by atoms with Gasteiger partial charge in [-0.15, -0.1) is 0 Å². The van der Waals surface area contributed by atoms with Crippen LogP contribution in [0.15, 0.2) is 60.7 Å². The Morgan fingerprint density at radius 2 is 1.86 bits per heavy atom. The lowest BCUT2D eigenvalue weighted by molar-refractivity contribution is -0.000451. The molecular formula is C33H44N4O5. The van der Waals surface area contributed by atoms with Crippen LogP contribution >= 0.6 is 0 Å². The molecule has 9 heteroatoms. The number of carbonyl (C=O) groups excluding carboxylic acids is 2. The number of amides is 3. The van der Waals surface area contributed by atoms with Crippen LogP contribution in [0.1, 0.15) is 50.4 Å². The van der Waals surface area contributed by atoms with Crippen molar-refractivity contribution in [1.82, 2.24) is 10.2 Å². The highest BCUT2D eigenvalue weighted by molar-refractivity contribution is 6.07. The van der Waals surface area contributed by atoms with Gasteiger partial charge in [0.1, 0.15) is 5.75 Å². The maximum Gasteiger partial charge on any atom is 0.323 e. The Balaban J connectivity index is 1.63. The van der Waals surface area contributed by atoms with Crippen molar-refractivity contribution >= 4 is 34.1 Å². The number of nitrogens with one attached hydrogen (secondary N) is 3. The van der Waals surface area contributed by atoms with Crippen molar-refractivity contribution in [3.05, 3.63) is 66.2 Å². The van der Waals surface area contributed by atoms with E-state index in [-0.39, 0.29) is 30.6 Å². The van der Waals surface area contributed by atoms with Crippen molar-refractivity contribution < 1.29 is 24.2 Å². The lowest BCUT2D eigenvalue weighted by atomic mass is 10.0. The Morgan fingerprint density at radius 1 is 1.07 bits per heavy atom. The van der Waals surface area contributed by atoms with Crippen LogP contribution in [0.25, 0.3) is 10.8 Å². The van der Waals surface area contributed by atoms with Crippen LogP contribution in [0.5, 0.6) is 5.75 Å². The molecule has 4 atom stereocenters. The maximum absolute atomic E-state index is 14.1. The highest BCUT2D eigenvalue weighted by Crippen LogP contribution is 2.29. The number of anilines is 2. The SMILES string of the molecule is CNC[C@H]1OCCCC[C@H](C)Oc2ccc(NC(=O)Nc3cccc4ccccc34)cc2C(=O)N([C@H](C)CO)C[C@@H]1C. The van der Waals surface area contributed by atoms with Crippen LogP contribution in [-0.4, -0.2) is 73.5 Å². The maximum atomic E-state index is 14.1. The number of rotatable bonds is 6. The fraction of sp³-hybridized carbons (Fsp3) is 0.455. The Labute approximate surface area is 248 Å². The normalized spacial score (nSPS) is 21.1. The standard InChI is InChI=1S/C33H44N4O5/c1-22-20-37(23(2)21-38)32(39)28-18-26(35-33(40)36-29-14-9-12-25-11-5-6-13-27(25)29)15-16-30(28)42-24(3)10-7-8-17-41-31(22)19-34-4/h5-6,9,11-16,18,22-24,31,34,38H,7-8,10,17,19-21H2,1-4H3,(H2,35,36,40)/t22-,23+,24-,31+/m0/s1. The molecule has 0 aromatic heterocycles. The number of urea groups is 1. The van der Waals surface area contributed by atoms with Crippen LogP contribution in [0.3, 0.4) is 0 Å². The molecule has 226 valence electrons. The van der Waals surface area contributed by atoms with E-state index in [2.05, 4.69) is 22.9 Å². The number of hydrogen-bond donors (Lipinski definition) is 4. The lowest BCUT2D eigenvalue weighted by Crippen LogP contribution is -2.47. The monoisotopic (exact) mass is 576 g/mol. The summed E-state index contributed by atoms with van der Waals surface area (Å²) >= 11 is 0. The Kier molecular flexibility index (Phi) is 11.2. The van der Waals surface area contributed by atoms with Crippen molar-refractivity contribution in [1.29, 1.82) is 0 Å². The van der Waals surface area contributed by atoms with Gasteiger partial charge in [0.05, 0.1) is 36.1 Å². The van der Waals surface area contributed by atoms with E-state index in [0.717, 1.165) is 30.0 Å². The molecule has 1 aliphatic heterocycles. The number of likely N-dealkylation sites (N-methyl/N-ethyl adjacent to an activating group) is 1. The number of hydrogen-bond acceptors (Lipinski definition) is 6. The van der Waals surface area contributed by atoms with E-state index in [1.807, 2.05) is 63.4 Å². The summed E-state index contributed by atoms with van der Waals surface area (Å²) in [6, 6.07) is 17.9. The van der Waals surface area contributed by atoms with Crippen LogP contribution in [0, 0.1) is 5.92 Å². The summed E-state index contributed by atoms with van der Waals surface area (Å²) in [5.41, 5.74) is 1.48. The predicted molar refractivity (Wildman–Crippen MR) is 167 cm³/mol. The summed E-state index contributed by atoms with van der Waals surface area (Å²) in [6.07, 6.45) is 2.46. The van der Waals surface area contributed by atoms with Gasteiger partial charge in [0.15, 0.2) is 0 Å². The third-order valence-corrected chi connectivity index (χ3v) is 7.75. The number of ether oxygens (including phenoxy) is 2. The molecule has 9 nitrogen and oxygen atoms in total. The number of fused-ring (bicyclic) bond motifs is 2. The fourth-order valence-corrected chi connectivity index (χ4v) is 5.31. The van der Waals surface area contributed by atoms with Gasteiger partial charge in [0.25, 0.3) is 5.91 Å². The van der Waals surface area contributed by atoms with E-state index in [1.54, 1.807) is 23.1 Å². The van der Waals surface area contributed by atoms with Crippen molar-refractivity contribution in [3.63, 3.8) is 0 Å². The van der Waals surface area contributed by atoms with Crippen molar-refractivity contribution in [2.45, 2.75) is 58.3 Å². The average Bonchev–Trinajstić information content (AvgIpc) is 2.98. The highest BCUT2D eigenvalue weighted by Gasteiger charge is 2.29. The first-order valence-corrected chi connectivity index (χ1v) is 14.8. The molecule has 1 aliphatic rings. The molecule has 4 N–H and O–H groups in total. The molecule has 0 spiro atoms. The summed E-state index contributed by atoms with van der Waals surface area (Å²) in [7, 11) is 1.89. The predicted octanol–water partition coefficient (Wildman–Crippen LogP) is 5.50. The average molecular weight is 577 g/mol. The summed E-state index contributed by atoms with van der Waals surface area (Å²) in [5.74, 6) is 0.189. The topological polar surface area (TPSA) is 112 Å². The summed E-state index contributed by atoms with van der Waals surface area (Å²) in [4.78, 5) is 28.9. The third-order valence-electron chi connectivity index (χ3n) is 7.75. The minimum Gasteiger partial charge on any atom is -0.490 e. The van der Waals surface area contributed by atoms with E-state index in [0.29, 0.717) is 42.4 Å². The summed E-state index contributed by atoms with van der Waals surface area (Å²) in [6.45, 7) is 7.38. The molecule has 3 aromatic carbocycles. The first-order valence-electron chi connectivity index (χ1n) is 14.8. The van der Waals surface area contributed by atoms with Gasteiger partial charge in [-0.25, -0.2) is 4.79 Å². The zero-order valence-corrected chi connectivity index (χ0v) is 25.1. The lowest BCUT2D eigenvalue weighted by Gasteiger charge is -2.34. The molecule has 0 saturated carbocycles. The molecule has 0 unspecified atom stereocenters. The van der Waals surface area contributed by atoms with E-state index >= 15 is 0 Å².